The first-order valence-corrected chi connectivity index (χ1v) is 8.63. The molecule has 0 aliphatic carbocycles. The van der Waals surface area contributed by atoms with E-state index in [1.807, 2.05) is 24.3 Å². The molecule has 6 heteroatoms. The van der Waals surface area contributed by atoms with Gasteiger partial charge in [0.2, 0.25) is 5.91 Å². The standard InChI is InChI=1S/C21H24N2O4/c1-26-15-5-14-22-21(25)17-8-11-18(12-9-17)23-20(24)13-10-16-6-3-4-7-19(16)27-2/h3-4,6-13H,5,14-15H2,1-2H3,(H,22,25)(H,23,24)/b13-10+. The molecule has 2 amide bonds. The summed E-state index contributed by atoms with van der Waals surface area (Å²) in [7, 11) is 3.21. The van der Waals surface area contributed by atoms with Gasteiger partial charge < -0.3 is 20.1 Å². The van der Waals surface area contributed by atoms with Crippen molar-refractivity contribution in [3.63, 3.8) is 0 Å². The number of para-hydroxylation sites is 1. The van der Waals surface area contributed by atoms with E-state index in [4.69, 9.17) is 9.47 Å². The second kappa shape index (κ2) is 10.8. The minimum atomic E-state index is -0.266. The number of methoxy groups -OCH3 is 2. The number of carbonyl (C=O) groups is 2. The molecule has 0 aliphatic rings. The van der Waals surface area contributed by atoms with Crippen LogP contribution in [0.2, 0.25) is 0 Å². The van der Waals surface area contributed by atoms with Gasteiger partial charge in [0.05, 0.1) is 7.11 Å². The van der Waals surface area contributed by atoms with Crippen molar-refractivity contribution in [1.82, 2.24) is 5.32 Å². The van der Waals surface area contributed by atoms with Crippen molar-refractivity contribution in [3.05, 3.63) is 65.7 Å². The summed E-state index contributed by atoms with van der Waals surface area (Å²) in [6, 6.07) is 14.2. The average Bonchev–Trinajstić information content (AvgIpc) is 2.70. The molecule has 0 atom stereocenters. The smallest absolute Gasteiger partial charge is 0.251 e. The summed E-state index contributed by atoms with van der Waals surface area (Å²) < 4.78 is 10.2. The van der Waals surface area contributed by atoms with Crippen LogP contribution in [0.3, 0.4) is 0 Å². The zero-order chi connectivity index (χ0) is 19.5. The van der Waals surface area contributed by atoms with Crippen LogP contribution in [-0.4, -0.2) is 39.2 Å². The van der Waals surface area contributed by atoms with Gasteiger partial charge in [0.1, 0.15) is 5.75 Å². The molecule has 0 radical (unpaired) electrons. The average molecular weight is 368 g/mol. The number of benzene rings is 2. The van der Waals surface area contributed by atoms with Gasteiger partial charge in [-0.3, -0.25) is 9.59 Å². The Bertz CT molecular complexity index is 785. The number of hydrogen-bond acceptors (Lipinski definition) is 4. The Balaban J connectivity index is 1.89. The lowest BCUT2D eigenvalue weighted by molar-refractivity contribution is -0.111. The third kappa shape index (κ3) is 6.60. The van der Waals surface area contributed by atoms with Gasteiger partial charge in [-0.05, 0) is 42.8 Å². The molecular weight excluding hydrogens is 344 g/mol. The van der Waals surface area contributed by atoms with Crippen LogP contribution in [-0.2, 0) is 9.53 Å². The maximum Gasteiger partial charge on any atom is 0.251 e. The first kappa shape index (κ1) is 20.2. The predicted molar refractivity (Wildman–Crippen MR) is 106 cm³/mol. The molecule has 0 aliphatic heterocycles. The minimum Gasteiger partial charge on any atom is -0.496 e. The van der Waals surface area contributed by atoms with Crippen LogP contribution < -0.4 is 15.4 Å². The molecule has 2 aromatic carbocycles. The number of anilines is 1. The molecule has 0 saturated carbocycles. The highest BCUT2D eigenvalue weighted by atomic mass is 16.5. The maximum absolute atomic E-state index is 12.1. The quantitative estimate of drug-likeness (QED) is 0.527. The zero-order valence-corrected chi connectivity index (χ0v) is 15.5. The van der Waals surface area contributed by atoms with Crippen LogP contribution >= 0.6 is 0 Å². The summed E-state index contributed by atoms with van der Waals surface area (Å²) in [5.41, 5.74) is 1.96. The van der Waals surface area contributed by atoms with Gasteiger partial charge in [-0.25, -0.2) is 0 Å². The third-order valence-corrected chi connectivity index (χ3v) is 3.78. The molecule has 6 nitrogen and oxygen atoms in total. The van der Waals surface area contributed by atoms with Gasteiger partial charge in [-0.1, -0.05) is 18.2 Å². The SMILES string of the molecule is COCCCNC(=O)c1ccc(NC(=O)/C=C/c2ccccc2OC)cc1. The second-order valence-corrected chi connectivity index (χ2v) is 5.74. The fourth-order valence-corrected chi connectivity index (χ4v) is 2.38. The lowest BCUT2D eigenvalue weighted by Gasteiger charge is -2.07. The number of amides is 2. The van der Waals surface area contributed by atoms with Crippen molar-refractivity contribution in [2.24, 2.45) is 0 Å². The largest absolute Gasteiger partial charge is 0.496 e. The van der Waals surface area contributed by atoms with E-state index in [1.54, 1.807) is 44.6 Å². The molecule has 0 fully saturated rings. The molecule has 0 spiro atoms. The van der Waals surface area contributed by atoms with Crippen LogP contribution in [0.15, 0.2) is 54.6 Å². The van der Waals surface area contributed by atoms with Crippen LogP contribution in [0.25, 0.3) is 6.08 Å². The van der Waals surface area contributed by atoms with Gasteiger partial charge in [0.25, 0.3) is 5.91 Å². The fourth-order valence-electron chi connectivity index (χ4n) is 2.38. The lowest BCUT2D eigenvalue weighted by Crippen LogP contribution is -2.25. The Morgan fingerprint density at radius 2 is 1.78 bits per heavy atom. The minimum absolute atomic E-state index is 0.153. The third-order valence-electron chi connectivity index (χ3n) is 3.78. The summed E-state index contributed by atoms with van der Waals surface area (Å²) >= 11 is 0. The number of nitrogens with one attached hydrogen (secondary N) is 2. The molecule has 0 aromatic heterocycles. The van der Waals surface area contributed by atoms with Gasteiger partial charge >= 0.3 is 0 Å². The van der Waals surface area contributed by atoms with E-state index in [0.717, 1.165) is 12.0 Å². The molecule has 2 rings (SSSR count). The van der Waals surface area contributed by atoms with Crippen molar-refractivity contribution in [2.75, 3.05) is 32.7 Å². The van der Waals surface area contributed by atoms with E-state index < -0.39 is 0 Å². The number of rotatable bonds is 9. The molecule has 27 heavy (non-hydrogen) atoms. The normalized spacial score (nSPS) is 10.6. The molecule has 0 saturated heterocycles. The summed E-state index contributed by atoms with van der Waals surface area (Å²) in [5, 5.41) is 5.57. The maximum atomic E-state index is 12.1. The summed E-state index contributed by atoms with van der Waals surface area (Å²) in [5.74, 6) is 0.278. The Morgan fingerprint density at radius 1 is 1.04 bits per heavy atom. The van der Waals surface area contributed by atoms with E-state index in [0.29, 0.717) is 30.2 Å². The highest BCUT2D eigenvalue weighted by Gasteiger charge is 2.05. The van der Waals surface area contributed by atoms with Crippen LogP contribution in [0.5, 0.6) is 5.75 Å². The molecule has 0 heterocycles. The predicted octanol–water partition coefficient (Wildman–Crippen LogP) is 3.11. The monoisotopic (exact) mass is 368 g/mol. The Kier molecular flexibility index (Phi) is 8.06. The van der Waals surface area contributed by atoms with Crippen molar-refractivity contribution in [1.29, 1.82) is 0 Å². The first-order valence-electron chi connectivity index (χ1n) is 8.63. The van der Waals surface area contributed by atoms with Crippen molar-refractivity contribution in [2.45, 2.75) is 6.42 Å². The molecule has 2 N–H and O–H groups in total. The van der Waals surface area contributed by atoms with Gasteiger partial charge in [0.15, 0.2) is 0 Å². The number of carbonyl (C=O) groups excluding carboxylic acids is 2. The molecule has 2 aromatic rings. The number of ether oxygens (including phenoxy) is 2. The van der Waals surface area contributed by atoms with Gasteiger partial charge in [-0.2, -0.15) is 0 Å². The van der Waals surface area contributed by atoms with Crippen molar-refractivity contribution >= 4 is 23.6 Å². The second-order valence-electron chi connectivity index (χ2n) is 5.74. The van der Waals surface area contributed by atoms with Gasteiger partial charge in [-0.15, -0.1) is 0 Å². The van der Waals surface area contributed by atoms with Crippen molar-refractivity contribution in [3.8, 4) is 5.75 Å². The Morgan fingerprint density at radius 3 is 2.48 bits per heavy atom. The molecular formula is C21H24N2O4. The van der Waals surface area contributed by atoms with E-state index in [-0.39, 0.29) is 11.8 Å². The summed E-state index contributed by atoms with van der Waals surface area (Å²) in [6.45, 7) is 1.16. The van der Waals surface area contributed by atoms with Crippen LogP contribution in [0.4, 0.5) is 5.69 Å². The summed E-state index contributed by atoms with van der Waals surface area (Å²) in [6.07, 6.45) is 3.89. The first-order chi connectivity index (χ1) is 13.1. The van der Waals surface area contributed by atoms with Crippen LogP contribution in [0.1, 0.15) is 22.3 Å². The van der Waals surface area contributed by atoms with E-state index in [1.165, 1.54) is 6.08 Å². The van der Waals surface area contributed by atoms with E-state index in [9.17, 15) is 9.59 Å². The topological polar surface area (TPSA) is 76.7 Å². The highest BCUT2D eigenvalue weighted by Crippen LogP contribution is 2.18. The fraction of sp³-hybridized carbons (Fsp3) is 0.238. The van der Waals surface area contributed by atoms with Crippen LogP contribution in [0, 0.1) is 0 Å². The zero-order valence-electron chi connectivity index (χ0n) is 15.5. The van der Waals surface area contributed by atoms with Gasteiger partial charge in [0, 0.05) is 43.2 Å². The molecule has 142 valence electrons. The Labute approximate surface area is 159 Å². The lowest BCUT2D eigenvalue weighted by atomic mass is 10.1. The van der Waals surface area contributed by atoms with Crippen molar-refractivity contribution < 1.29 is 19.1 Å². The number of hydrogen-bond donors (Lipinski definition) is 2. The highest BCUT2D eigenvalue weighted by molar-refractivity contribution is 6.02. The molecule has 0 bridgehead atoms. The van der Waals surface area contributed by atoms with E-state index in [2.05, 4.69) is 10.6 Å². The Hall–Kier alpha value is -3.12. The van der Waals surface area contributed by atoms with E-state index >= 15 is 0 Å². The molecule has 0 unspecified atom stereocenters. The summed E-state index contributed by atoms with van der Waals surface area (Å²) in [4.78, 5) is 24.1.